The summed E-state index contributed by atoms with van der Waals surface area (Å²) in [6.45, 7) is 1.03. The van der Waals surface area contributed by atoms with Crippen LogP contribution in [0.3, 0.4) is 0 Å². The van der Waals surface area contributed by atoms with E-state index in [1.54, 1.807) is 29.2 Å². The van der Waals surface area contributed by atoms with Crippen LogP contribution in [0, 0.1) is 11.7 Å². The van der Waals surface area contributed by atoms with E-state index >= 15 is 0 Å². The number of piperidine rings is 1. The Morgan fingerprint density at radius 3 is 2.36 bits per heavy atom. The minimum absolute atomic E-state index is 0.0999. The normalized spacial score (nSPS) is 14.5. The van der Waals surface area contributed by atoms with Gasteiger partial charge in [0.2, 0.25) is 0 Å². The molecule has 7 heteroatoms. The molecule has 2 N–H and O–H groups in total. The van der Waals surface area contributed by atoms with Crippen molar-refractivity contribution in [2.24, 2.45) is 5.92 Å². The molecule has 0 atom stereocenters. The molecule has 28 heavy (non-hydrogen) atoms. The summed E-state index contributed by atoms with van der Waals surface area (Å²) in [6.07, 6.45) is 1.46. The van der Waals surface area contributed by atoms with Crippen molar-refractivity contribution in [1.29, 1.82) is 0 Å². The minimum Gasteiger partial charge on any atom is -0.481 e. The second-order valence-electron chi connectivity index (χ2n) is 6.88. The van der Waals surface area contributed by atoms with Gasteiger partial charge in [-0.1, -0.05) is 6.07 Å². The Bertz CT molecular complexity index is 874. The van der Waals surface area contributed by atoms with E-state index in [0.29, 0.717) is 42.7 Å². The van der Waals surface area contributed by atoms with Crippen molar-refractivity contribution in [3.8, 4) is 0 Å². The highest BCUT2D eigenvalue weighted by Gasteiger charge is 2.25. The molecule has 0 saturated carbocycles. The van der Waals surface area contributed by atoms with Crippen LogP contribution in [0.4, 0.5) is 10.1 Å². The number of carbonyl (C=O) groups excluding carboxylic acids is 2. The van der Waals surface area contributed by atoms with Gasteiger partial charge < -0.3 is 15.3 Å². The molecule has 0 bridgehead atoms. The first-order valence-electron chi connectivity index (χ1n) is 9.10. The van der Waals surface area contributed by atoms with Gasteiger partial charge in [-0.3, -0.25) is 14.4 Å². The molecule has 1 saturated heterocycles. The van der Waals surface area contributed by atoms with Gasteiger partial charge >= 0.3 is 5.97 Å². The van der Waals surface area contributed by atoms with Gasteiger partial charge in [0.15, 0.2) is 0 Å². The minimum atomic E-state index is -0.811. The number of hydrogen-bond donors (Lipinski definition) is 2. The van der Waals surface area contributed by atoms with Crippen molar-refractivity contribution >= 4 is 23.5 Å². The van der Waals surface area contributed by atoms with E-state index in [0.717, 1.165) is 0 Å². The predicted octanol–water partition coefficient (Wildman–Crippen LogP) is 3.40. The maximum absolute atomic E-state index is 13.0. The molecule has 2 aromatic rings. The number of carbonyl (C=O) groups is 3. The first kappa shape index (κ1) is 19.5. The number of likely N-dealkylation sites (tertiary alicyclic amines) is 1. The summed E-state index contributed by atoms with van der Waals surface area (Å²) in [5.74, 6) is -1.67. The standard InChI is InChI=1S/C21H21FN2O4/c22-17-6-4-15(5-7-17)20(27)23-18-3-1-2-16(13-18)21(28)24-10-8-14(9-11-24)12-19(25)26/h1-7,13-14H,8-12H2,(H,23,27)(H,25,26). The van der Waals surface area contributed by atoms with Gasteiger partial charge in [0, 0.05) is 36.3 Å². The van der Waals surface area contributed by atoms with Crippen LogP contribution in [-0.4, -0.2) is 40.9 Å². The van der Waals surface area contributed by atoms with Crippen molar-refractivity contribution in [2.45, 2.75) is 19.3 Å². The maximum atomic E-state index is 13.0. The number of hydrogen-bond acceptors (Lipinski definition) is 3. The summed E-state index contributed by atoms with van der Waals surface area (Å²) in [4.78, 5) is 37.5. The number of carboxylic acid groups (broad SMARTS) is 1. The third kappa shape index (κ3) is 4.94. The van der Waals surface area contributed by atoms with Crippen molar-refractivity contribution in [3.63, 3.8) is 0 Å². The lowest BCUT2D eigenvalue weighted by Gasteiger charge is -2.31. The lowest BCUT2D eigenvalue weighted by molar-refractivity contribution is -0.138. The molecule has 0 aliphatic carbocycles. The van der Waals surface area contributed by atoms with Crippen molar-refractivity contribution in [3.05, 3.63) is 65.5 Å². The number of halogens is 1. The number of benzene rings is 2. The third-order valence-corrected chi connectivity index (χ3v) is 4.84. The average molecular weight is 384 g/mol. The van der Waals surface area contributed by atoms with Gasteiger partial charge in [0.1, 0.15) is 5.82 Å². The Labute approximate surface area is 162 Å². The maximum Gasteiger partial charge on any atom is 0.303 e. The highest BCUT2D eigenvalue weighted by molar-refractivity contribution is 6.05. The molecule has 2 aromatic carbocycles. The SMILES string of the molecule is O=C(O)CC1CCN(C(=O)c2cccc(NC(=O)c3ccc(F)cc3)c2)CC1. The zero-order valence-electron chi connectivity index (χ0n) is 15.2. The molecule has 1 aliphatic heterocycles. The van der Waals surface area contributed by atoms with Crippen LogP contribution in [0.1, 0.15) is 40.0 Å². The van der Waals surface area contributed by atoms with Gasteiger partial charge in [0.05, 0.1) is 0 Å². The highest BCUT2D eigenvalue weighted by atomic mass is 19.1. The summed E-state index contributed by atoms with van der Waals surface area (Å²) >= 11 is 0. The largest absolute Gasteiger partial charge is 0.481 e. The smallest absolute Gasteiger partial charge is 0.303 e. The molecule has 3 rings (SSSR count). The molecule has 1 fully saturated rings. The van der Waals surface area contributed by atoms with E-state index in [-0.39, 0.29) is 24.2 Å². The number of anilines is 1. The van der Waals surface area contributed by atoms with Gasteiger partial charge in [-0.15, -0.1) is 0 Å². The fraction of sp³-hybridized carbons (Fsp3) is 0.286. The number of carboxylic acids is 1. The molecule has 0 spiro atoms. The number of rotatable bonds is 5. The van der Waals surface area contributed by atoms with Crippen molar-refractivity contribution < 1.29 is 23.9 Å². The molecular weight excluding hydrogens is 363 g/mol. The van der Waals surface area contributed by atoms with Crippen molar-refractivity contribution in [2.75, 3.05) is 18.4 Å². The molecule has 0 unspecified atom stereocenters. The fourth-order valence-corrected chi connectivity index (χ4v) is 3.30. The number of amides is 2. The van der Waals surface area contributed by atoms with Gasteiger partial charge in [-0.25, -0.2) is 4.39 Å². The quantitative estimate of drug-likeness (QED) is 0.827. The zero-order chi connectivity index (χ0) is 20.1. The first-order valence-corrected chi connectivity index (χ1v) is 9.10. The van der Waals surface area contributed by atoms with Crippen LogP contribution >= 0.6 is 0 Å². The molecule has 1 heterocycles. The average Bonchev–Trinajstić information content (AvgIpc) is 2.68. The van der Waals surface area contributed by atoms with Crippen LogP contribution in [0.15, 0.2) is 48.5 Å². The zero-order valence-corrected chi connectivity index (χ0v) is 15.2. The van der Waals surface area contributed by atoms with Gasteiger partial charge in [0.25, 0.3) is 11.8 Å². The second kappa shape index (κ2) is 8.65. The van der Waals surface area contributed by atoms with E-state index in [2.05, 4.69) is 5.32 Å². The summed E-state index contributed by atoms with van der Waals surface area (Å²) < 4.78 is 13.0. The summed E-state index contributed by atoms with van der Waals surface area (Å²) in [5, 5.41) is 11.6. The topological polar surface area (TPSA) is 86.7 Å². The second-order valence-corrected chi connectivity index (χ2v) is 6.88. The van der Waals surface area contributed by atoms with Crippen LogP contribution in [0.5, 0.6) is 0 Å². The Kier molecular flexibility index (Phi) is 6.03. The van der Waals surface area contributed by atoms with Crippen LogP contribution < -0.4 is 5.32 Å². The molecular formula is C21H21FN2O4. The molecule has 6 nitrogen and oxygen atoms in total. The summed E-state index contributed by atoms with van der Waals surface area (Å²) in [6, 6.07) is 11.8. The monoisotopic (exact) mass is 384 g/mol. The van der Waals surface area contributed by atoms with Gasteiger partial charge in [-0.2, -0.15) is 0 Å². The highest BCUT2D eigenvalue weighted by Crippen LogP contribution is 2.22. The summed E-state index contributed by atoms with van der Waals surface area (Å²) in [7, 11) is 0. The fourth-order valence-electron chi connectivity index (χ4n) is 3.30. The summed E-state index contributed by atoms with van der Waals surface area (Å²) in [5.41, 5.74) is 1.24. The molecule has 0 radical (unpaired) electrons. The van der Waals surface area contributed by atoms with Gasteiger partial charge in [-0.05, 0) is 61.2 Å². The van der Waals surface area contributed by atoms with Crippen LogP contribution in [0.25, 0.3) is 0 Å². The molecule has 0 aromatic heterocycles. The third-order valence-electron chi connectivity index (χ3n) is 4.84. The van der Waals surface area contributed by atoms with E-state index in [9.17, 15) is 18.8 Å². The Morgan fingerprint density at radius 1 is 1.04 bits per heavy atom. The van der Waals surface area contributed by atoms with E-state index in [1.165, 1.54) is 24.3 Å². The lowest BCUT2D eigenvalue weighted by Crippen LogP contribution is -2.38. The lowest BCUT2D eigenvalue weighted by atomic mass is 9.93. The van der Waals surface area contributed by atoms with Crippen LogP contribution in [-0.2, 0) is 4.79 Å². The van der Waals surface area contributed by atoms with Crippen LogP contribution in [0.2, 0.25) is 0 Å². The number of aliphatic carboxylic acids is 1. The Morgan fingerprint density at radius 2 is 1.71 bits per heavy atom. The number of nitrogens with zero attached hydrogens (tertiary/aromatic N) is 1. The molecule has 2 amide bonds. The Hall–Kier alpha value is -3.22. The molecule has 146 valence electrons. The van der Waals surface area contributed by atoms with E-state index < -0.39 is 11.8 Å². The molecule has 1 aliphatic rings. The Balaban J connectivity index is 1.63. The van der Waals surface area contributed by atoms with E-state index in [4.69, 9.17) is 5.11 Å². The van der Waals surface area contributed by atoms with Crippen molar-refractivity contribution in [1.82, 2.24) is 4.90 Å². The number of nitrogens with one attached hydrogen (secondary N) is 1. The predicted molar refractivity (Wildman–Crippen MR) is 102 cm³/mol. The van der Waals surface area contributed by atoms with E-state index in [1.807, 2.05) is 0 Å². The first-order chi connectivity index (χ1) is 13.4.